The Morgan fingerprint density at radius 2 is 1.91 bits per heavy atom. The average molecular weight is 472 g/mol. The number of nitrogens with one attached hydrogen (secondary N) is 3. The summed E-state index contributed by atoms with van der Waals surface area (Å²) in [6.45, 7) is 4.37. The SMILES string of the molecule is CNC(=O)C(=O)[C@H](CN1CCNC1=O)NC(=O)[C@H](CC(C)C)n1c(C(N)=O)nc2ccccc21. The highest BCUT2D eigenvalue weighted by Gasteiger charge is 2.35. The molecule has 1 aromatic heterocycles. The van der Waals surface area contributed by atoms with Gasteiger partial charge < -0.3 is 31.2 Å². The van der Waals surface area contributed by atoms with Crippen molar-refractivity contribution in [2.45, 2.75) is 32.4 Å². The third-order valence-electron chi connectivity index (χ3n) is 5.56. The van der Waals surface area contributed by atoms with Crippen LogP contribution in [0.15, 0.2) is 24.3 Å². The van der Waals surface area contributed by atoms with Crippen molar-refractivity contribution >= 4 is 40.6 Å². The molecule has 0 saturated carbocycles. The van der Waals surface area contributed by atoms with E-state index in [0.717, 1.165) is 0 Å². The average Bonchev–Trinajstić information content (AvgIpc) is 3.39. The second kappa shape index (κ2) is 10.3. The molecule has 12 heteroatoms. The van der Waals surface area contributed by atoms with Crippen molar-refractivity contribution in [3.8, 4) is 0 Å². The number of carbonyl (C=O) groups is 5. The van der Waals surface area contributed by atoms with Gasteiger partial charge in [0.05, 0.1) is 17.6 Å². The second-order valence-electron chi connectivity index (χ2n) is 8.49. The molecule has 5 N–H and O–H groups in total. The highest BCUT2D eigenvalue weighted by atomic mass is 16.2. The lowest BCUT2D eigenvalue weighted by atomic mass is 10.0. The first-order valence-electron chi connectivity index (χ1n) is 11.0. The maximum absolute atomic E-state index is 13.6. The van der Waals surface area contributed by atoms with E-state index in [0.29, 0.717) is 30.5 Å². The Morgan fingerprint density at radius 1 is 1.21 bits per heavy atom. The standard InChI is InChI=1S/C22H29N7O5/c1-12(2)10-16(29-15-7-5-4-6-13(15)26-19(29)18(23)31)20(32)27-14(17(30)21(33)24-3)11-28-9-8-25-22(28)34/h4-7,12,14,16H,8-11H2,1-3H3,(H2,23,31)(H,24,33)(H,25,34)(H,27,32)/t14-,16-/m0/s1. The lowest BCUT2D eigenvalue weighted by molar-refractivity contribution is -0.140. The molecule has 182 valence electrons. The zero-order valence-corrected chi connectivity index (χ0v) is 19.3. The van der Waals surface area contributed by atoms with E-state index in [1.165, 1.54) is 16.5 Å². The van der Waals surface area contributed by atoms with Crippen LogP contribution in [0.5, 0.6) is 0 Å². The number of ketones is 1. The zero-order chi connectivity index (χ0) is 25.0. The van der Waals surface area contributed by atoms with E-state index >= 15 is 0 Å². The molecule has 0 radical (unpaired) electrons. The molecule has 1 saturated heterocycles. The normalized spacial score (nSPS) is 15.2. The van der Waals surface area contributed by atoms with Gasteiger partial charge >= 0.3 is 6.03 Å². The quantitative estimate of drug-likeness (QED) is 0.342. The minimum atomic E-state index is -1.28. The van der Waals surface area contributed by atoms with Gasteiger partial charge in [-0.1, -0.05) is 26.0 Å². The van der Waals surface area contributed by atoms with Crippen molar-refractivity contribution in [1.82, 2.24) is 30.4 Å². The number of urea groups is 1. The molecular formula is C22H29N7O5. The first kappa shape index (κ1) is 24.7. The fraction of sp³-hybridized carbons (Fsp3) is 0.455. The van der Waals surface area contributed by atoms with Gasteiger partial charge in [0.2, 0.25) is 17.5 Å². The number of likely N-dealkylation sites (N-methyl/N-ethyl adjacent to an activating group) is 1. The van der Waals surface area contributed by atoms with Crippen molar-refractivity contribution in [2.24, 2.45) is 11.7 Å². The number of fused-ring (bicyclic) bond motifs is 1. The number of amides is 5. The van der Waals surface area contributed by atoms with Crippen LogP contribution in [-0.4, -0.2) is 76.7 Å². The fourth-order valence-corrected chi connectivity index (χ4v) is 3.96. The largest absolute Gasteiger partial charge is 0.363 e. The highest BCUT2D eigenvalue weighted by molar-refractivity contribution is 6.38. The Bertz CT molecular complexity index is 1130. The number of para-hydroxylation sites is 2. The number of hydrogen-bond acceptors (Lipinski definition) is 6. The number of imidazole rings is 1. The third-order valence-corrected chi connectivity index (χ3v) is 5.56. The maximum atomic E-state index is 13.6. The Morgan fingerprint density at radius 3 is 2.50 bits per heavy atom. The summed E-state index contributed by atoms with van der Waals surface area (Å²) in [4.78, 5) is 68.2. The number of hydrogen-bond donors (Lipinski definition) is 4. The summed E-state index contributed by atoms with van der Waals surface area (Å²) >= 11 is 0. The Balaban J connectivity index is 1.99. The Kier molecular flexibility index (Phi) is 7.49. The van der Waals surface area contributed by atoms with Crippen molar-refractivity contribution in [3.63, 3.8) is 0 Å². The number of carbonyl (C=O) groups excluding carboxylic acids is 5. The van der Waals surface area contributed by atoms with Crippen LogP contribution in [0.25, 0.3) is 11.0 Å². The van der Waals surface area contributed by atoms with Crippen LogP contribution in [0.3, 0.4) is 0 Å². The van der Waals surface area contributed by atoms with E-state index in [1.807, 2.05) is 13.8 Å². The van der Waals surface area contributed by atoms with Crippen LogP contribution in [0.1, 0.15) is 36.9 Å². The summed E-state index contributed by atoms with van der Waals surface area (Å²) in [7, 11) is 1.31. The van der Waals surface area contributed by atoms with Crippen LogP contribution in [0.4, 0.5) is 4.79 Å². The van der Waals surface area contributed by atoms with Gasteiger partial charge in [-0.15, -0.1) is 0 Å². The van der Waals surface area contributed by atoms with E-state index in [9.17, 15) is 24.0 Å². The summed E-state index contributed by atoms with van der Waals surface area (Å²) in [6, 6.07) is 4.31. The highest BCUT2D eigenvalue weighted by Crippen LogP contribution is 2.26. The van der Waals surface area contributed by atoms with Gasteiger partial charge in [0.25, 0.3) is 11.8 Å². The third kappa shape index (κ3) is 5.16. The summed E-state index contributed by atoms with van der Waals surface area (Å²) in [5.74, 6) is -3.24. The summed E-state index contributed by atoms with van der Waals surface area (Å²) in [6.07, 6.45) is 0.303. The van der Waals surface area contributed by atoms with Crippen LogP contribution in [0, 0.1) is 5.92 Å². The lowest BCUT2D eigenvalue weighted by Crippen LogP contribution is -2.54. The van der Waals surface area contributed by atoms with Gasteiger partial charge in [0.1, 0.15) is 12.1 Å². The summed E-state index contributed by atoms with van der Waals surface area (Å²) in [5.41, 5.74) is 6.59. The van der Waals surface area contributed by atoms with E-state index in [-0.39, 0.29) is 24.3 Å². The van der Waals surface area contributed by atoms with E-state index in [4.69, 9.17) is 5.73 Å². The molecule has 1 fully saturated rings. The van der Waals surface area contributed by atoms with E-state index in [1.54, 1.807) is 24.3 Å². The number of aromatic nitrogens is 2. The van der Waals surface area contributed by atoms with Gasteiger partial charge in [-0.05, 0) is 24.5 Å². The van der Waals surface area contributed by atoms with Crippen molar-refractivity contribution in [3.05, 3.63) is 30.1 Å². The Labute approximate surface area is 196 Å². The summed E-state index contributed by atoms with van der Waals surface area (Å²) < 4.78 is 1.47. The van der Waals surface area contributed by atoms with Crippen molar-refractivity contribution in [2.75, 3.05) is 26.7 Å². The zero-order valence-electron chi connectivity index (χ0n) is 19.3. The predicted molar refractivity (Wildman–Crippen MR) is 123 cm³/mol. The summed E-state index contributed by atoms with van der Waals surface area (Å²) in [5, 5.41) is 7.51. The molecule has 12 nitrogen and oxygen atoms in total. The minimum Gasteiger partial charge on any atom is -0.363 e. The van der Waals surface area contributed by atoms with E-state index < -0.39 is 35.6 Å². The molecule has 0 unspecified atom stereocenters. The number of Topliss-reactive ketones (excluding diaryl/α,β-unsaturated/α-hetero) is 1. The Hall–Kier alpha value is -3.96. The van der Waals surface area contributed by atoms with Gasteiger partial charge in [0.15, 0.2) is 0 Å². The van der Waals surface area contributed by atoms with Crippen LogP contribution in [-0.2, 0) is 14.4 Å². The molecule has 2 atom stereocenters. The molecule has 1 aliphatic heterocycles. The van der Waals surface area contributed by atoms with Gasteiger partial charge in [-0.2, -0.15) is 0 Å². The number of rotatable bonds is 10. The molecular weight excluding hydrogens is 442 g/mol. The number of primary amides is 1. The fourth-order valence-electron chi connectivity index (χ4n) is 3.96. The molecule has 3 rings (SSSR count). The first-order chi connectivity index (χ1) is 16.1. The van der Waals surface area contributed by atoms with Crippen LogP contribution < -0.4 is 21.7 Å². The van der Waals surface area contributed by atoms with Crippen molar-refractivity contribution < 1.29 is 24.0 Å². The number of nitrogens with zero attached hydrogens (tertiary/aromatic N) is 3. The predicted octanol–water partition coefficient (Wildman–Crippen LogP) is -0.452. The topological polar surface area (TPSA) is 169 Å². The molecule has 1 aromatic carbocycles. The van der Waals surface area contributed by atoms with Gasteiger partial charge in [-0.25, -0.2) is 9.78 Å². The molecule has 0 bridgehead atoms. The molecule has 0 aliphatic carbocycles. The monoisotopic (exact) mass is 471 g/mol. The molecule has 5 amide bonds. The molecule has 1 aliphatic rings. The van der Waals surface area contributed by atoms with Crippen LogP contribution in [0.2, 0.25) is 0 Å². The molecule has 0 spiro atoms. The maximum Gasteiger partial charge on any atom is 0.317 e. The minimum absolute atomic E-state index is 0.0232. The van der Waals surface area contributed by atoms with Gasteiger partial charge in [0, 0.05) is 20.1 Å². The molecule has 2 aromatic rings. The lowest BCUT2D eigenvalue weighted by Gasteiger charge is -2.27. The molecule has 2 heterocycles. The molecule has 34 heavy (non-hydrogen) atoms. The van der Waals surface area contributed by atoms with E-state index in [2.05, 4.69) is 20.9 Å². The second-order valence-corrected chi connectivity index (χ2v) is 8.49. The smallest absolute Gasteiger partial charge is 0.317 e. The van der Waals surface area contributed by atoms with Gasteiger partial charge in [-0.3, -0.25) is 19.2 Å². The number of nitrogens with two attached hydrogens (primary N) is 1. The van der Waals surface area contributed by atoms with Crippen molar-refractivity contribution in [1.29, 1.82) is 0 Å². The van der Waals surface area contributed by atoms with Crippen LogP contribution >= 0.6 is 0 Å². The first-order valence-corrected chi connectivity index (χ1v) is 11.0. The number of benzene rings is 1.